The van der Waals surface area contributed by atoms with Crippen molar-refractivity contribution in [2.75, 3.05) is 13.1 Å². The zero-order chi connectivity index (χ0) is 4.95. The lowest BCUT2D eigenvalue weighted by Gasteiger charge is -1.91. The van der Waals surface area contributed by atoms with Crippen LogP contribution in [0.2, 0.25) is 0 Å². The highest BCUT2D eigenvalue weighted by molar-refractivity contribution is 4.54. The molecule has 0 aromatic heterocycles. The van der Waals surface area contributed by atoms with E-state index in [1.54, 1.807) is 0 Å². The molecule has 0 atom stereocenters. The average molecular weight is 113 g/mol. The number of hydrogen-bond acceptors (Lipinski definition) is 1. The molecule has 0 bridgehead atoms. The molecule has 1 fully saturated rings. The third-order valence-corrected chi connectivity index (χ3v) is 1.46. The summed E-state index contributed by atoms with van der Waals surface area (Å²) in [5.41, 5.74) is 0. The summed E-state index contributed by atoms with van der Waals surface area (Å²) < 4.78 is 0. The van der Waals surface area contributed by atoms with Crippen LogP contribution in [0.3, 0.4) is 0 Å². The van der Waals surface area contributed by atoms with Gasteiger partial charge >= 0.3 is 0 Å². The summed E-state index contributed by atoms with van der Waals surface area (Å²) in [7, 11) is 0. The molecule has 47 valence electrons. The van der Waals surface area contributed by atoms with E-state index in [9.17, 15) is 0 Å². The Bertz CT molecular complexity index is 26.1. The maximum atomic E-state index is 3.35. The van der Waals surface area contributed by atoms with E-state index in [2.05, 4.69) is 5.32 Å². The Labute approximate surface area is 51.2 Å². The normalized spacial score (nSPS) is 21.0. The summed E-state index contributed by atoms with van der Waals surface area (Å²) in [6.45, 7) is 2.50. The molecule has 0 spiro atoms. The third-order valence-electron chi connectivity index (χ3n) is 1.46. The van der Waals surface area contributed by atoms with Gasteiger partial charge in [-0.15, -0.1) is 0 Å². The van der Waals surface area contributed by atoms with Crippen molar-refractivity contribution in [2.24, 2.45) is 0 Å². The van der Waals surface area contributed by atoms with Crippen molar-refractivity contribution in [3.63, 3.8) is 0 Å². The minimum atomic E-state index is 0. The van der Waals surface area contributed by atoms with Crippen LogP contribution in [0.4, 0.5) is 0 Å². The maximum absolute atomic E-state index is 3.35. The van der Waals surface area contributed by atoms with Crippen LogP contribution < -0.4 is 11.5 Å². The minimum absolute atomic E-state index is 0. The van der Waals surface area contributed by atoms with Crippen molar-refractivity contribution in [3.05, 3.63) is 0 Å². The average Bonchev–Trinajstić information content (AvgIpc) is 1.90. The molecule has 3 radical (unpaired) electrons. The number of nitrogens with one attached hydrogen (secondary N) is 1. The molecule has 2 nitrogen and oxygen atoms in total. The molecule has 1 aliphatic heterocycles. The van der Waals surface area contributed by atoms with Crippen molar-refractivity contribution < 1.29 is 0 Å². The van der Waals surface area contributed by atoms with Gasteiger partial charge in [-0.25, -0.2) is 0 Å². The standard InChI is InChI=1S/C6H13N.N/c1-2-4-6-7-5-3-1;/h7H,1-6H2;. The molecular weight excluding hydrogens is 100 g/mol. The number of nitrogens with zero attached hydrogens (tertiary/aromatic N) is 1. The monoisotopic (exact) mass is 113 g/mol. The molecule has 1 heterocycles. The first-order chi connectivity index (χ1) is 3.50. The molecule has 1 rings (SSSR count). The first-order valence-electron chi connectivity index (χ1n) is 3.21. The largest absolute Gasteiger partial charge is 0.317 e. The Kier molecular flexibility index (Phi) is 5.01. The molecule has 1 aliphatic rings. The van der Waals surface area contributed by atoms with E-state index in [1.165, 1.54) is 38.8 Å². The van der Waals surface area contributed by atoms with Gasteiger partial charge in [-0.2, -0.15) is 0 Å². The second kappa shape index (κ2) is 5.06. The van der Waals surface area contributed by atoms with Gasteiger partial charge in [0, 0.05) is 6.15 Å². The maximum Gasteiger partial charge on any atom is 0 e. The highest BCUT2D eigenvalue weighted by Gasteiger charge is 1.94. The highest BCUT2D eigenvalue weighted by Crippen LogP contribution is 2.00. The Morgan fingerprint density at radius 1 is 0.750 bits per heavy atom. The minimum Gasteiger partial charge on any atom is -0.317 e. The molecule has 0 aromatic rings. The molecular formula is C6H13N2. The zero-order valence-corrected chi connectivity index (χ0v) is 5.19. The van der Waals surface area contributed by atoms with Gasteiger partial charge in [0.15, 0.2) is 0 Å². The molecule has 0 amide bonds. The van der Waals surface area contributed by atoms with Crippen molar-refractivity contribution >= 4 is 0 Å². The van der Waals surface area contributed by atoms with E-state index < -0.39 is 0 Å². The lowest BCUT2D eigenvalue weighted by Crippen LogP contribution is -2.12. The Morgan fingerprint density at radius 2 is 1.25 bits per heavy atom. The van der Waals surface area contributed by atoms with Crippen LogP contribution in [0.5, 0.6) is 0 Å². The summed E-state index contributed by atoms with van der Waals surface area (Å²) in [6, 6.07) is 0. The Hall–Kier alpha value is -0.0800. The summed E-state index contributed by atoms with van der Waals surface area (Å²) in [4.78, 5) is 0. The summed E-state index contributed by atoms with van der Waals surface area (Å²) >= 11 is 0. The van der Waals surface area contributed by atoms with E-state index in [0.29, 0.717) is 0 Å². The van der Waals surface area contributed by atoms with E-state index in [4.69, 9.17) is 0 Å². The number of hydrogen-bond donors (Lipinski definition) is 1. The molecule has 8 heavy (non-hydrogen) atoms. The summed E-state index contributed by atoms with van der Waals surface area (Å²) in [6.07, 6.45) is 5.65. The molecule has 0 aromatic carbocycles. The van der Waals surface area contributed by atoms with Crippen molar-refractivity contribution in [1.29, 1.82) is 0 Å². The van der Waals surface area contributed by atoms with Crippen molar-refractivity contribution in [2.45, 2.75) is 25.7 Å². The topological polar surface area (TPSA) is 42.5 Å². The van der Waals surface area contributed by atoms with Gasteiger partial charge in [0.25, 0.3) is 0 Å². The van der Waals surface area contributed by atoms with Gasteiger partial charge in [0.1, 0.15) is 0 Å². The quantitative estimate of drug-likeness (QED) is 0.493. The van der Waals surface area contributed by atoms with Gasteiger partial charge in [-0.3, -0.25) is 0 Å². The van der Waals surface area contributed by atoms with Crippen LogP contribution in [-0.4, -0.2) is 13.1 Å². The van der Waals surface area contributed by atoms with Crippen LogP contribution in [-0.2, 0) is 0 Å². The van der Waals surface area contributed by atoms with Crippen molar-refractivity contribution in [1.82, 2.24) is 11.5 Å². The number of rotatable bonds is 0. The molecule has 0 unspecified atom stereocenters. The fourth-order valence-corrected chi connectivity index (χ4v) is 0.979. The van der Waals surface area contributed by atoms with Crippen LogP contribution in [0.25, 0.3) is 0 Å². The molecule has 0 saturated carbocycles. The van der Waals surface area contributed by atoms with E-state index in [1.807, 2.05) is 0 Å². The fourth-order valence-electron chi connectivity index (χ4n) is 0.979. The second-order valence-corrected chi connectivity index (χ2v) is 2.16. The van der Waals surface area contributed by atoms with Crippen LogP contribution in [0.1, 0.15) is 25.7 Å². The van der Waals surface area contributed by atoms with Crippen molar-refractivity contribution in [3.8, 4) is 0 Å². The fraction of sp³-hybridized carbons (Fsp3) is 1.00. The molecule has 1 saturated heterocycles. The van der Waals surface area contributed by atoms with Crippen LogP contribution >= 0.6 is 0 Å². The second-order valence-electron chi connectivity index (χ2n) is 2.16. The van der Waals surface area contributed by atoms with Gasteiger partial charge < -0.3 is 5.32 Å². The van der Waals surface area contributed by atoms with Gasteiger partial charge in [-0.1, -0.05) is 12.8 Å². The first kappa shape index (κ1) is 7.92. The van der Waals surface area contributed by atoms with E-state index >= 15 is 0 Å². The predicted octanol–water partition coefficient (Wildman–Crippen LogP) is 0.669. The van der Waals surface area contributed by atoms with Crippen LogP contribution in [0, 0.1) is 0 Å². The molecule has 2 heteroatoms. The van der Waals surface area contributed by atoms with Gasteiger partial charge in [0.05, 0.1) is 0 Å². The van der Waals surface area contributed by atoms with E-state index in [0.717, 1.165) is 0 Å². The first-order valence-corrected chi connectivity index (χ1v) is 3.21. The van der Waals surface area contributed by atoms with Crippen LogP contribution in [0.15, 0.2) is 0 Å². The molecule has 1 N–H and O–H groups in total. The lowest BCUT2D eigenvalue weighted by atomic mass is 10.2. The predicted molar refractivity (Wildman–Crippen MR) is 33.5 cm³/mol. The summed E-state index contributed by atoms with van der Waals surface area (Å²) in [5.74, 6) is 0. The summed E-state index contributed by atoms with van der Waals surface area (Å²) in [5, 5.41) is 3.35. The highest BCUT2D eigenvalue weighted by atomic mass is 14.8. The van der Waals surface area contributed by atoms with Gasteiger partial charge in [0.2, 0.25) is 0 Å². The lowest BCUT2D eigenvalue weighted by molar-refractivity contribution is 0.702. The van der Waals surface area contributed by atoms with Gasteiger partial charge in [-0.05, 0) is 25.9 Å². The SMILES string of the molecule is C1CCCNCC1.[N]. The Morgan fingerprint density at radius 3 is 1.75 bits per heavy atom. The third kappa shape index (κ3) is 2.99. The Balaban J connectivity index is 0.000000490. The molecule has 0 aliphatic carbocycles. The van der Waals surface area contributed by atoms with E-state index in [-0.39, 0.29) is 6.15 Å². The smallest absolute Gasteiger partial charge is 0 e. The zero-order valence-electron chi connectivity index (χ0n) is 5.19.